The van der Waals surface area contributed by atoms with E-state index in [4.69, 9.17) is 19.9 Å². The predicted octanol–water partition coefficient (Wildman–Crippen LogP) is 4.90. The van der Waals surface area contributed by atoms with Crippen LogP contribution in [0, 0.1) is 11.3 Å². The number of esters is 1. The van der Waals surface area contributed by atoms with Gasteiger partial charge in [-0.3, -0.25) is 0 Å². The summed E-state index contributed by atoms with van der Waals surface area (Å²) in [6.45, 7) is 0. The van der Waals surface area contributed by atoms with Gasteiger partial charge in [0.25, 0.3) is 0 Å². The molecule has 0 radical (unpaired) electrons. The molecule has 3 aromatic rings. The van der Waals surface area contributed by atoms with E-state index in [-0.39, 0.29) is 11.8 Å². The van der Waals surface area contributed by atoms with E-state index < -0.39 is 5.97 Å². The summed E-state index contributed by atoms with van der Waals surface area (Å²) in [6.07, 6.45) is 0. The molecule has 1 heterocycles. The van der Waals surface area contributed by atoms with Gasteiger partial charge in [0.1, 0.15) is 28.9 Å². The smallest absolute Gasteiger partial charge is 0.343 e. The van der Waals surface area contributed by atoms with Gasteiger partial charge in [-0.15, -0.1) is 0 Å². The summed E-state index contributed by atoms with van der Waals surface area (Å²) < 4.78 is 17.2. The minimum atomic E-state index is -0.510. The van der Waals surface area contributed by atoms with E-state index in [1.807, 2.05) is 24.3 Å². The lowest BCUT2D eigenvalue weighted by molar-refractivity contribution is 0.0734. The van der Waals surface area contributed by atoms with Crippen LogP contribution in [-0.2, 0) is 0 Å². The van der Waals surface area contributed by atoms with Crippen molar-refractivity contribution in [2.24, 2.45) is 5.73 Å². The molecule has 0 aliphatic carbocycles. The molecular formula is C24H17BrN2O4. The Hall–Kier alpha value is -3.76. The number of rotatable bonds is 4. The van der Waals surface area contributed by atoms with E-state index in [9.17, 15) is 10.1 Å². The van der Waals surface area contributed by atoms with Crippen molar-refractivity contribution in [2.45, 2.75) is 5.92 Å². The Labute approximate surface area is 187 Å². The summed E-state index contributed by atoms with van der Waals surface area (Å²) in [5.74, 6) is 0.527. The number of nitriles is 1. The maximum Gasteiger partial charge on any atom is 0.343 e. The quantitative estimate of drug-likeness (QED) is 0.425. The molecule has 1 atom stereocenters. The molecule has 0 spiro atoms. The lowest BCUT2D eigenvalue weighted by atomic mass is 9.83. The number of nitrogens with zero attached hydrogens (tertiary/aromatic N) is 1. The molecule has 2 N–H and O–H groups in total. The number of halogens is 1. The van der Waals surface area contributed by atoms with Crippen molar-refractivity contribution >= 4 is 21.9 Å². The number of carbonyl (C=O) groups is 1. The Balaban J connectivity index is 1.65. The van der Waals surface area contributed by atoms with Gasteiger partial charge in [-0.05, 0) is 48.0 Å². The largest absolute Gasteiger partial charge is 0.497 e. The fraction of sp³-hybridized carbons (Fsp3) is 0.0833. The van der Waals surface area contributed by atoms with Gasteiger partial charge in [-0.25, -0.2) is 4.79 Å². The molecule has 0 amide bonds. The van der Waals surface area contributed by atoms with E-state index in [0.717, 1.165) is 15.6 Å². The average Bonchev–Trinajstić information content (AvgIpc) is 2.78. The van der Waals surface area contributed by atoms with Crippen molar-refractivity contribution in [1.29, 1.82) is 5.26 Å². The van der Waals surface area contributed by atoms with Gasteiger partial charge < -0.3 is 19.9 Å². The highest BCUT2D eigenvalue weighted by Gasteiger charge is 2.31. The summed E-state index contributed by atoms with van der Waals surface area (Å²) in [7, 11) is 1.56. The van der Waals surface area contributed by atoms with E-state index in [1.54, 1.807) is 49.6 Å². The first-order chi connectivity index (χ1) is 15.0. The molecule has 31 heavy (non-hydrogen) atoms. The van der Waals surface area contributed by atoms with Gasteiger partial charge >= 0.3 is 5.97 Å². The number of allylic oxidation sites excluding steroid dienone is 1. The molecular weight excluding hydrogens is 460 g/mol. The maximum atomic E-state index is 12.5. The van der Waals surface area contributed by atoms with Crippen LogP contribution >= 0.6 is 15.9 Å². The number of fused-ring (bicyclic) bond motifs is 1. The van der Waals surface area contributed by atoms with Crippen LogP contribution in [0.2, 0.25) is 0 Å². The minimum Gasteiger partial charge on any atom is -0.497 e. The molecule has 1 aliphatic rings. The second-order valence-corrected chi connectivity index (χ2v) is 7.71. The zero-order chi connectivity index (χ0) is 22.0. The van der Waals surface area contributed by atoms with Gasteiger partial charge in [0.2, 0.25) is 5.88 Å². The second-order valence-electron chi connectivity index (χ2n) is 6.79. The Bertz CT molecular complexity index is 1210. The van der Waals surface area contributed by atoms with Crippen molar-refractivity contribution < 1.29 is 19.0 Å². The molecule has 0 saturated heterocycles. The number of nitrogens with two attached hydrogens (primary N) is 1. The highest BCUT2D eigenvalue weighted by atomic mass is 79.9. The molecule has 154 valence electrons. The van der Waals surface area contributed by atoms with Crippen LogP contribution < -0.4 is 19.9 Å². The summed E-state index contributed by atoms with van der Waals surface area (Å²) in [5.41, 5.74) is 8.42. The maximum absolute atomic E-state index is 12.5. The summed E-state index contributed by atoms with van der Waals surface area (Å²) in [6, 6.07) is 21.5. The van der Waals surface area contributed by atoms with Crippen LogP contribution in [-0.4, -0.2) is 13.1 Å². The fourth-order valence-electron chi connectivity index (χ4n) is 3.39. The number of carbonyl (C=O) groups excluding carboxylic acids is 1. The van der Waals surface area contributed by atoms with E-state index >= 15 is 0 Å². The summed E-state index contributed by atoms with van der Waals surface area (Å²) in [5, 5.41) is 9.65. The van der Waals surface area contributed by atoms with E-state index in [2.05, 4.69) is 22.0 Å². The zero-order valence-corrected chi connectivity index (χ0v) is 18.0. The van der Waals surface area contributed by atoms with Crippen LogP contribution in [0.25, 0.3) is 0 Å². The Kier molecular flexibility index (Phi) is 5.65. The number of hydrogen-bond donors (Lipinski definition) is 1. The van der Waals surface area contributed by atoms with Crippen LogP contribution in [0.1, 0.15) is 27.4 Å². The minimum absolute atomic E-state index is 0.0292. The first-order valence-corrected chi connectivity index (χ1v) is 10.1. The van der Waals surface area contributed by atoms with Crippen molar-refractivity contribution in [3.05, 3.63) is 99.3 Å². The number of ether oxygens (including phenoxy) is 3. The molecule has 0 aromatic heterocycles. The van der Waals surface area contributed by atoms with Gasteiger partial charge in [-0.2, -0.15) is 5.26 Å². The van der Waals surface area contributed by atoms with Crippen molar-refractivity contribution in [3.63, 3.8) is 0 Å². The van der Waals surface area contributed by atoms with Gasteiger partial charge in [0, 0.05) is 16.1 Å². The SMILES string of the molecule is COc1ccc(C(=O)Oc2ccc3c(c2)OC(N)=C(C#N)C3c2ccc(Br)cc2)cc1. The molecule has 1 unspecified atom stereocenters. The summed E-state index contributed by atoms with van der Waals surface area (Å²) in [4.78, 5) is 12.5. The molecule has 0 bridgehead atoms. The number of methoxy groups -OCH3 is 1. The first-order valence-electron chi connectivity index (χ1n) is 9.33. The monoisotopic (exact) mass is 476 g/mol. The number of benzene rings is 3. The molecule has 0 fully saturated rings. The van der Waals surface area contributed by atoms with Crippen molar-refractivity contribution in [3.8, 4) is 23.3 Å². The van der Waals surface area contributed by atoms with E-state index in [0.29, 0.717) is 28.4 Å². The van der Waals surface area contributed by atoms with Crippen molar-refractivity contribution in [1.82, 2.24) is 0 Å². The second kappa shape index (κ2) is 8.54. The van der Waals surface area contributed by atoms with Crippen LogP contribution in [0.15, 0.2) is 82.7 Å². The third-order valence-corrected chi connectivity index (χ3v) is 5.46. The number of hydrogen-bond acceptors (Lipinski definition) is 6. The van der Waals surface area contributed by atoms with Crippen LogP contribution in [0.4, 0.5) is 0 Å². The fourth-order valence-corrected chi connectivity index (χ4v) is 3.65. The predicted molar refractivity (Wildman–Crippen MR) is 118 cm³/mol. The van der Waals surface area contributed by atoms with Gasteiger partial charge in [-0.1, -0.05) is 34.1 Å². The average molecular weight is 477 g/mol. The Morgan fingerprint density at radius 3 is 2.39 bits per heavy atom. The topological polar surface area (TPSA) is 94.6 Å². The Morgan fingerprint density at radius 2 is 1.74 bits per heavy atom. The lowest BCUT2D eigenvalue weighted by Crippen LogP contribution is -2.21. The third kappa shape index (κ3) is 4.11. The highest BCUT2D eigenvalue weighted by molar-refractivity contribution is 9.10. The van der Waals surface area contributed by atoms with Crippen LogP contribution in [0.3, 0.4) is 0 Å². The molecule has 6 nitrogen and oxygen atoms in total. The third-order valence-electron chi connectivity index (χ3n) is 4.93. The lowest BCUT2D eigenvalue weighted by Gasteiger charge is -2.26. The van der Waals surface area contributed by atoms with Gasteiger partial charge in [0.05, 0.1) is 18.6 Å². The molecule has 7 heteroatoms. The molecule has 3 aromatic carbocycles. The van der Waals surface area contributed by atoms with Crippen LogP contribution in [0.5, 0.6) is 17.2 Å². The molecule has 1 aliphatic heterocycles. The van der Waals surface area contributed by atoms with Gasteiger partial charge in [0.15, 0.2) is 0 Å². The molecule has 0 saturated carbocycles. The highest BCUT2D eigenvalue weighted by Crippen LogP contribution is 2.43. The standard InChI is InChI=1S/C24H17BrN2O4/c1-29-17-8-4-15(5-9-17)24(28)30-18-10-11-19-21(12-18)31-23(27)20(13-26)22(19)14-2-6-16(25)7-3-14/h2-12,22H,27H2,1H3. The molecule has 4 rings (SSSR count). The van der Waals surface area contributed by atoms with E-state index in [1.165, 1.54) is 0 Å². The Morgan fingerprint density at radius 1 is 1.06 bits per heavy atom. The first kappa shape index (κ1) is 20.5. The van der Waals surface area contributed by atoms with Crippen molar-refractivity contribution in [2.75, 3.05) is 7.11 Å². The normalized spacial score (nSPS) is 14.8. The summed E-state index contributed by atoms with van der Waals surface area (Å²) >= 11 is 3.42. The zero-order valence-electron chi connectivity index (χ0n) is 16.5.